The maximum absolute atomic E-state index is 13.0. The first-order chi connectivity index (χ1) is 6.74. The summed E-state index contributed by atoms with van der Waals surface area (Å²) in [7, 11) is 0. The van der Waals surface area contributed by atoms with Crippen molar-refractivity contribution in [2.45, 2.75) is 13.0 Å². The molecule has 0 bridgehead atoms. The van der Waals surface area contributed by atoms with Gasteiger partial charge in [0.25, 0.3) is 0 Å². The highest BCUT2D eigenvalue weighted by Crippen LogP contribution is 2.05. The zero-order chi connectivity index (χ0) is 10.4. The van der Waals surface area contributed by atoms with Gasteiger partial charge in [-0.25, -0.2) is 4.39 Å². The van der Waals surface area contributed by atoms with E-state index in [1.54, 1.807) is 18.2 Å². The molecule has 0 saturated heterocycles. The van der Waals surface area contributed by atoms with E-state index < -0.39 is 0 Å². The predicted octanol–water partition coefficient (Wildman–Crippen LogP) is 0.791. The summed E-state index contributed by atoms with van der Waals surface area (Å²) in [5.41, 5.74) is 5.68. The Hall–Kier alpha value is -1.42. The van der Waals surface area contributed by atoms with E-state index in [9.17, 15) is 9.18 Å². The molecule has 0 saturated carbocycles. The molecule has 1 aromatic carbocycles. The minimum absolute atomic E-state index is 0.157. The van der Waals surface area contributed by atoms with Crippen molar-refractivity contribution < 1.29 is 9.18 Å². The molecule has 4 heteroatoms. The van der Waals surface area contributed by atoms with E-state index >= 15 is 0 Å². The number of carbonyl (C=O) groups is 1. The van der Waals surface area contributed by atoms with Gasteiger partial charge in [-0.2, -0.15) is 0 Å². The summed E-state index contributed by atoms with van der Waals surface area (Å²) in [4.78, 5) is 11.0. The standard InChI is InChI=1S/C10H13FN2O/c11-9-4-2-1-3-8(9)7-13-10(14)5-6-12/h1-4H,5-7,12H2,(H,13,14). The van der Waals surface area contributed by atoms with Crippen molar-refractivity contribution in [1.82, 2.24) is 5.32 Å². The van der Waals surface area contributed by atoms with E-state index in [0.29, 0.717) is 12.1 Å². The summed E-state index contributed by atoms with van der Waals surface area (Å²) >= 11 is 0. The Bertz CT molecular complexity index is 315. The highest BCUT2D eigenvalue weighted by Gasteiger charge is 2.02. The van der Waals surface area contributed by atoms with Gasteiger partial charge in [0.1, 0.15) is 5.82 Å². The van der Waals surface area contributed by atoms with E-state index in [-0.39, 0.29) is 24.7 Å². The summed E-state index contributed by atoms with van der Waals surface area (Å²) < 4.78 is 13.0. The van der Waals surface area contributed by atoms with Crippen LogP contribution in [0, 0.1) is 5.82 Å². The lowest BCUT2D eigenvalue weighted by Crippen LogP contribution is -2.25. The molecular formula is C10H13FN2O. The van der Waals surface area contributed by atoms with Crippen molar-refractivity contribution in [3.8, 4) is 0 Å². The monoisotopic (exact) mass is 196 g/mol. The Morgan fingerprint density at radius 1 is 1.43 bits per heavy atom. The fraction of sp³-hybridized carbons (Fsp3) is 0.300. The first-order valence-electron chi connectivity index (χ1n) is 4.44. The summed E-state index contributed by atoms with van der Waals surface area (Å²) in [5, 5.41) is 2.58. The Labute approximate surface area is 82.1 Å². The number of benzene rings is 1. The summed E-state index contributed by atoms with van der Waals surface area (Å²) in [5.74, 6) is -0.462. The summed E-state index contributed by atoms with van der Waals surface area (Å²) in [6, 6.07) is 6.34. The zero-order valence-corrected chi connectivity index (χ0v) is 7.79. The van der Waals surface area contributed by atoms with Gasteiger partial charge < -0.3 is 11.1 Å². The minimum Gasteiger partial charge on any atom is -0.352 e. The Morgan fingerprint density at radius 2 is 2.14 bits per heavy atom. The third-order valence-electron chi connectivity index (χ3n) is 1.81. The molecule has 0 spiro atoms. The van der Waals surface area contributed by atoms with Gasteiger partial charge in [0.05, 0.1) is 0 Å². The number of amides is 1. The maximum Gasteiger partial charge on any atom is 0.221 e. The molecule has 76 valence electrons. The molecule has 3 N–H and O–H groups in total. The summed E-state index contributed by atoms with van der Waals surface area (Å²) in [6.45, 7) is 0.522. The molecule has 1 aromatic rings. The van der Waals surface area contributed by atoms with Gasteiger partial charge in [-0.3, -0.25) is 4.79 Å². The van der Waals surface area contributed by atoms with Gasteiger partial charge >= 0.3 is 0 Å². The van der Waals surface area contributed by atoms with Crippen LogP contribution in [0.3, 0.4) is 0 Å². The van der Waals surface area contributed by atoms with E-state index in [1.165, 1.54) is 6.07 Å². The number of rotatable bonds is 4. The largest absolute Gasteiger partial charge is 0.352 e. The van der Waals surface area contributed by atoms with Crippen LogP contribution in [-0.2, 0) is 11.3 Å². The molecule has 0 atom stereocenters. The third kappa shape index (κ3) is 3.14. The number of carbonyl (C=O) groups excluding carboxylic acids is 1. The summed E-state index contributed by atoms with van der Waals surface area (Å²) in [6.07, 6.45) is 0.272. The van der Waals surface area contributed by atoms with E-state index in [2.05, 4.69) is 5.32 Å². The SMILES string of the molecule is NCCC(=O)NCc1ccccc1F. The third-order valence-corrected chi connectivity index (χ3v) is 1.81. The van der Waals surface area contributed by atoms with Crippen LogP contribution < -0.4 is 11.1 Å². The Kier molecular flexibility index (Phi) is 4.07. The highest BCUT2D eigenvalue weighted by molar-refractivity contribution is 5.76. The zero-order valence-electron chi connectivity index (χ0n) is 7.79. The second kappa shape index (κ2) is 5.34. The van der Waals surface area contributed by atoms with Crippen LogP contribution in [0.1, 0.15) is 12.0 Å². The van der Waals surface area contributed by atoms with Crippen LogP contribution in [-0.4, -0.2) is 12.5 Å². The van der Waals surface area contributed by atoms with Gasteiger partial charge in [-0.05, 0) is 6.07 Å². The van der Waals surface area contributed by atoms with Crippen LogP contribution in [0.25, 0.3) is 0 Å². The first-order valence-corrected chi connectivity index (χ1v) is 4.44. The number of halogens is 1. The number of hydrogen-bond donors (Lipinski definition) is 2. The van der Waals surface area contributed by atoms with E-state index in [4.69, 9.17) is 5.73 Å². The van der Waals surface area contributed by atoms with Gasteiger partial charge in [0, 0.05) is 25.1 Å². The van der Waals surface area contributed by atoms with E-state index in [0.717, 1.165) is 0 Å². The Morgan fingerprint density at radius 3 is 2.79 bits per heavy atom. The smallest absolute Gasteiger partial charge is 0.221 e. The molecule has 0 radical (unpaired) electrons. The minimum atomic E-state index is -0.305. The Balaban J connectivity index is 2.46. The van der Waals surface area contributed by atoms with Crippen molar-refractivity contribution in [3.05, 3.63) is 35.6 Å². The van der Waals surface area contributed by atoms with Gasteiger partial charge in [-0.1, -0.05) is 18.2 Å². The molecule has 14 heavy (non-hydrogen) atoms. The van der Waals surface area contributed by atoms with Crippen LogP contribution in [0.15, 0.2) is 24.3 Å². The lowest BCUT2D eigenvalue weighted by Gasteiger charge is -2.04. The predicted molar refractivity (Wildman–Crippen MR) is 51.9 cm³/mol. The van der Waals surface area contributed by atoms with E-state index in [1.807, 2.05) is 0 Å². The topological polar surface area (TPSA) is 55.1 Å². The van der Waals surface area contributed by atoms with Crippen molar-refractivity contribution in [1.29, 1.82) is 0 Å². The normalized spacial score (nSPS) is 9.86. The molecule has 3 nitrogen and oxygen atoms in total. The average molecular weight is 196 g/mol. The maximum atomic E-state index is 13.0. The van der Waals surface area contributed by atoms with Crippen molar-refractivity contribution in [2.24, 2.45) is 5.73 Å². The molecule has 0 aromatic heterocycles. The van der Waals surface area contributed by atoms with Crippen LogP contribution in [0.2, 0.25) is 0 Å². The van der Waals surface area contributed by atoms with Crippen molar-refractivity contribution in [3.63, 3.8) is 0 Å². The van der Waals surface area contributed by atoms with Crippen LogP contribution in [0.4, 0.5) is 4.39 Å². The number of nitrogens with one attached hydrogen (secondary N) is 1. The average Bonchev–Trinajstić information content (AvgIpc) is 2.17. The first kappa shape index (κ1) is 10.7. The number of nitrogens with two attached hydrogens (primary N) is 1. The highest BCUT2D eigenvalue weighted by atomic mass is 19.1. The second-order valence-electron chi connectivity index (χ2n) is 2.91. The van der Waals surface area contributed by atoms with Crippen molar-refractivity contribution in [2.75, 3.05) is 6.54 Å². The van der Waals surface area contributed by atoms with Gasteiger partial charge in [0.2, 0.25) is 5.91 Å². The molecule has 1 amide bonds. The lowest BCUT2D eigenvalue weighted by atomic mass is 10.2. The quantitative estimate of drug-likeness (QED) is 0.748. The molecule has 0 aliphatic rings. The molecule has 0 fully saturated rings. The molecular weight excluding hydrogens is 183 g/mol. The second-order valence-corrected chi connectivity index (χ2v) is 2.91. The lowest BCUT2D eigenvalue weighted by molar-refractivity contribution is -0.121. The fourth-order valence-electron chi connectivity index (χ4n) is 1.06. The molecule has 0 aliphatic carbocycles. The molecule has 0 heterocycles. The van der Waals surface area contributed by atoms with Gasteiger partial charge in [-0.15, -0.1) is 0 Å². The molecule has 1 rings (SSSR count). The van der Waals surface area contributed by atoms with Crippen molar-refractivity contribution >= 4 is 5.91 Å². The molecule has 0 aliphatic heterocycles. The number of hydrogen-bond acceptors (Lipinski definition) is 2. The van der Waals surface area contributed by atoms with Crippen LogP contribution in [0.5, 0.6) is 0 Å². The van der Waals surface area contributed by atoms with Crippen LogP contribution >= 0.6 is 0 Å². The molecule has 0 unspecified atom stereocenters. The fourth-order valence-corrected chi connectivity index (χ4v) is 1.06. The van der Waals surface area contributed by atoms with Gasteiger partial charge in [0.15, 0.2) is 0 Å².